The molecule has 0 saturated carbocycles. The highest BCUT2D eigenvalue weighted by Crippen LogP contribution is 2.15. The van der Waals surface area contributed by atoms with Crippen LogP contribution in [0, 0.1) is 5.92 Å². The summed E-state index contributed by atoms with van der Waals surface area (Å²) in [5, 5.41) is 6.63. The van der Waals surface area contributed by atoms with E-state index in [2.05, 4.69) is 48.2 Å². The molecule has 0 aromatic heterocycles. The number of hydrogen-bond acceptors (Lipinski definition) is 2. The van der Waals surface area contributed by atoms with E-state index in [-0.39, 0.29) is 24.0 Å². The number of aliphatic imine (C=N–C) groups is 1. The largest absolute Gasteiger partial charge is 0.357 e. The Morgan fingerprint density at radius 2 is 1.95 bits per heavy atom. The summed E-state index contributed by atoms with van der Waals surface area (Å²) in [5.74, 6) is 1.85. The van der Waals surface area contributed by atoms with E-state index in [1.165, 1.54) is 25.9 Å². The minimum Gasteiger partial charge on any atom is -0.357 e. The van der Waals surface area contributed by atoms with Crippen LogP contribution >= 0.6 is 24.0 Å². The van der Waals surface area contributed by atoms with Gasteiger partial charge in [-0.1, -0.05) is 6.92 Å². The Morgan fingerprint density at radius 1 is 1.32 bits per heavy atom. The maximum atomic E-state index is 4.62. The van der Waals surface area contributed by atoms with Crippen molar-refractivity contribution in [3.8, 4) is 0 Å². The van der Waals surface area contributed by atoms with E-state index < -0.39 is 0 Å². The van der Waals surface area contributed by atoms with Gasteiger partial charge in [0.25, 0.3) is 0 Å². The van der Waals surface area contributed by atoms with Crippen molar-refractivity contribution in [2.45, 2.75) is 46.6 Å². The van der Waals surface area contributed by atoms with Crippen LogP contribution in [0.5, 0.6) is 0 Å². The van der Waals surface area contributed by atoms with E-state index in [0.29, 0.717) is 6.04 Å². The summed E-state index contributed by atoms with van der Waals surface area (Å²) in [6.07, 6.45) is 2.68. The van der Waals surface area contributed by atoms with E-state index in [4.69, 9.17) is 0 Å². The molecule has 0 aliphatic carbocycles. The highest BCUT2D eigenvalue weighted by molar-refractivity contribution is 14.0. The van der Waals surface area contributed by atoms with Crippen LogP contribution in [-0.4, -0.2) is 49.6 Å². The maximum Gasteiger partial charge on any atom is 0.191 e. The number of halogens is 1. The van der Waals surface area contributed by atoms with Crippen LogP contribution in [0.2, 0.25) is 0 Å². The Labute approximate surface area is 135 Å². The second-order valence-electron chi connectivity index (χ2n) is 5.58. The van der Waals surface area contributed by atoms with Gasteiger partial charge >= 0.3 is 0 Å². The van der Waals surface area contributed by atoms with Crippen molar-refractivity contribution in [3.05, 3.63) is 0 Å². The fraction of sp³-hybridized carbons (Fsp3) is 0.929. The zero-order chi connectivity index (χ0) is 13.4. The highest BCUT2D eigenvalue weighted by atomic mass is 127. The number of hydrogen-bond donors (Lipinski definition) is 2. The molecule has 114 valence electrons. The highest BCUT2D eigenvalue weighted by Gasteiger charge is 2.14. The minimum atomic E-state index is 0. The quantitative estimate of drug-likeness (QED) is 0.436. The third-order valence-corrected chi connectivity index (χ3v) is 3.33. The molecule has 1 heterocycles. The first-order valence-corrected chi connectivity index (χ1v) is 7.39. The molecule has 0 spiro atoms. The molecule has 1 saturated heterocycles. The van der Waals surface area contributed by atoms with Gasteiger partial charge in [0.05, 0.1) is 6.54 Å². The first-order chi connectivity index (χ1) is 8.61. The van der Waals surface area contributed by atoms with Gasteiger partial charge in [0.15, 0.2) is 5.96 Å². The van der Waals surface area contributed by atoms with Crippen LogP contribution in [-0.2, 0) is 0 Å². The molecule has 0 aromatic carbocycles. The molecule has 1 aliphatic heterocycles. The normalized spacial score (nSPS) is 18.3. The SMILES string of the molecule is CCNC(=NCCN1CCC(C)CC1)NC(C)C.I. The summed E-state index contributed by atoms with van der Waals surface area (Å²) in [6.45, 7) is 14.1. The van der Waals surface area contributed by atoms with Crippen molar-refractivity contribution >= 4 is 29.9 Å². The second kappa shape index (κ2) is 10.7. The van der Waals surface area contributed by atoms with Crippen molar-refractivity contribution in [2.75, 3.05) is 32.7 Å². The van der Waals surface area contributed by atoms with Crippen molar-refractivity contribution in [2.24, 2.45) is 10.9 Å². The molecule has 0 unspecified atom stereocenters. The van der Waals surface area contributed by atoms with Gasteiger partial charge in [0.1, 0.15) is 0 Å². The van der Waals surface area contributed by atoms with Crippen molar-refractivity contribution in [1.82, 2.24) is 15.5 Å². The molecule has 0 radical (unpaired) electrons. The van der Waals surface area contributed by atoms with Crippen molar-refractivity contribution < 1.29 is 0 Å². The van der Waals surface area contributed by atoms with Crippen molar-refractivity contribution in [3.63, 3.8) is 0 Å². The monoisotopic (exact) mass is 382 g/mol. The van der Waals surface area contributed by atoms with Gasteiger partial charge in [-0.2, -0.15) is 0 Å². The molecule has 1 rings (SSSR count). The van der Waals surface area contributed by atoms with Gasteiger partial charge in [0.2, 0.25) is 0 Å². The molecule has 5 heteroatoms. The first kappa shape index (κ1) is 19.0. The summed E-state index contributed by atoms with van der Waals surface area (Å²) in [5.41, 5.74) is 0. The van der Waals surface area contributed by atoms with Gasteiger partial charge in [-0.05, 0) is 52.6 Å². The van der Waals surface area contributed by atoms with E-state index in [0.717, 1.165) is 31.5 Å². The molecule has 0 aromatic rings. The van der Waals surface area contributed by atoms with Gasteiger partial charge in [0, 0.05) is 19.1 Å². The lowest BCUT2D eigenvalue weighted by molar-refractivity contribution is 0.197. The Morgan fingerprint density at radius 3 is 2.47 bits per heavy atom. The van der Waals surface area contributed by atoms with Crippen LogP contribution in [0.3, 0.4) is 0 Å². The summed E-state index contributed by atoms with van der Waals surface area (Å²) >= 11 is 0. The minimum absolute atomic E-state index is 0. The number of likely N-dealkylation sites (tertiary alicyclic amines) is 1. The fourth-order valence-corrected chi connectivity index (χ4v) is 2.18. The molecule has 2 N–H and O–H groups in total. The smallest absolute Gasteiger partial charge is 0.191 e. The summed E-state index contributed by atoms with van der Waals surface area (Å²) < 4.78 is 0. The third kappa shape index (κ3) is 8.68. The topological polar surface area (TPSA) is 39.7 Å². The van der Waals surface area contributed by atoms with E-state index >= 15 is 0 Å². The summed E-state index contributed by atoms with van der Waals surface area (Å²) in [4.78, 5) is 7.15. The van der Waals surface area contributed by atoms with Gasteiger partial charge in [-0.15, -0.1) is 24.0 Å². The van der Waals surface area contributed by atoms with Crippen LogP contribution in [0.15, 0.2) is 4.99 Å². The number of piperidine rings is 1. The van der Waals surface area contributed by atoms with Crippen LogP contribution in [0.1, 0.15) is 40.5 Å². The van der Waals surface area contributed by atoms with Gasteiger partial charge in [-0.25, -0.2) is 0 Å². The number of rotatable bonds is 5. The number of nitrogens with one attached hydrogen (secondary N) is 2. The Balaban J connectivity index is 0.00000324. The molecular weight excluding hydrogens is 351 g/mol. The predicted octanol–water partition coefficient (Wildman–Crippen LogP) is 2.30. The molecule has 4 nitrogen and oxygen atoms in total. The fourth-order valence-electron chi connectivity index (χ4n) is 2.18. The second-order valence-corrected chi connectivity index (χ2v) is 5.58. The van der Waals surface area contributed by atoms with Crippen LogP contribution in [0.25, 0.3) is 0 Å². The Bertz CT molecular complexity index is 248. The molecule has 1 fully saturated rings. The summed E-state index contributed by atoms with van der Waals surface area (Å²) in [7, 11) is 0. The lowest BCUT2D eigenvalue weighted by Crippen LogP contribution is -2.41. The van der Waals surface area contributed by atoms with E-state index in [1.54, 1.807) is 0 Å². The number of guanidine groups is 1. The zero-order valence-electron chi connectivity index (χ0n) is 12.9. The standard InChI is InChI=1S/C14H30N4.HI/c1-5-15-14(17-12(2)3)16-8-11-18-9-6-13(4)7-10-18;/h12-13H,5-11H2,1-4H3,(H2,15,16,17);1H. The molecule has 0 amide bonds. The lowest BCUT2D eigenvalue weighted by atomic mass is 9.99. The van der Waals surface area contributed by atoms with Gasteiger partial charge < -0.3 is 15.5 Å². The maximum absolute atomic E-state index is 4.62. The van der Waals surface area contributed by atoms with E-state index in [1.807, 2.05) is 0 Å². The van der Waals surface area contributed by atoms with Crippen molar-refractivity contribution in [1.29, 1.82) is 0 Å². The van der Waals surface area contributed by atoms with Crippen LogP contribution in [0.4, 0.5) is 0 Å². The van der Waals surface area contributed by atoms with E-state index in [9.17, 15) is 0 Å². The average molecular weight is 382 g/mol. The molecule has 19 heavy (non-hydrogen) atoms. The molecule has 0 atom stereocenters. The number of nitrogens with zero attached hydrogens (tertiary/aromatic N) is 2. The Kier molecular flexibility index (Phi) is 10.7. The third-order valence-electron chi connectivity index (χ3n) is 3.33. The predicted molar refractivity (Wildman–Crippen MR) is 94.5 cm³/mol. The molecule has 0 bridgehead atoms. The average Bonchev–Trinajstić information content (AvgIpc) is 2.31. The summed E-state index contributed by atoms with van der Waals surface area (Å²) in [6, 6.07) is 0.429. The molecule has 1 aliphatic rings. The molecular formula is C14H31IN4. The lowest BCUT2D eigenvalue weighted by Gasteiger charge is -2.29. The zero-order valence-corrected chi connectivity index (χ0v) is 15.2. The first-order valence-electron chi connectivity index (χ1n) is 7.39. The van der Waals surface area contributed by atoms with Crippen LogP contribution < -0.4 is 10.6 Å². The Hall–Kier alpha value is -0.0400. The van der Waals surface area contributed by atoms with Gasteiger partial charge in [-0.3, -0.25) is 4.99 Å².